The Bertz CT molecular complexity index is 536. The maximum Gasteiger partial charge on any atom is 0.215 e. The lowest BCUT2D eigenvalue weighted by molar-refractivity contribution is -0.119. The lowest BCUT2D eigenvalue weighted by Crippen LogP contribution is -2.42. The molecule has 2 saturated carbocycles. The second kappa shape index (κ2) is 3.25. The zero-order valence-corrected chi connectivity index (χ0v) is 11.6. The Kier molecular flexibility index (Phi) is 2.23. The molecule has 2 aliphatic carbocycles. The Morgan fingerprint density at radius 1 is 1.44 bits per heavy atom. The van der Waals surface area contributed by atoms with E-state index in [1.807, 2.05) is 0 Å². The first kappa shape index (κ1) is 12.4. The summed E-state index contributed by atoms with van der Waals surface area (Å²) in [7, 11) is -3.36. The zero-order valence-electron chi connectivity index (χ0n) is 10.8. The standard InChI is InChI=1S/C13H19NO3S/c1-4-9(15)10-8-5-6-13(12(8,2)3)7-14-18(16,17)11(10)13/h4,8,10-11,14H,1,5-7H2,2-3H3/t8?,10?,11-,13?/m0/s1. The topological polar surface area (TPSA) is 63.2 Å². The molecule has 0 radical (unpaired) electrons. The number of carbonyl (C=O) groups excluding carboxylic acids is 1. The Balaban J connectivity index is 2.20. The number of ketones is 1. The molecule has 4 atom stereocenters. The van der Waals surface area contributed by atoms with Gasteiger partial charge in [0.25, 0.3) is 0 Å². The highest BCUT2D eigenvalue weighted by Gasteiger charge is 2.75. The van der Waals surface area contributed by atoms with E-state index >= 15 is 0 Å². The number of fused-ring (bicyclic) bond motifs is 1. The summed E-state index contributed by atoms with van der Waals surface area (Å²) in [4.78, 5) is 12.1. The summed E-state index contributed by atoms with van der Waals surface area (Å²) in [6.45, 7) is 8.27. The molecule has 0 aromatic heterocycles. The summed E-state index contributed by atoms with van der Waals surface area (Å²) >= 11 is 0. The van der Waals surface area contributed by atoms with Gasteiger partial charge in [-0.2, -0.15) is 0 Å². The van der Waals surface area contributed by atoms with Crippen molar-refractivity contribution in [1.29, 1.82) is 0 Å². The molecular weight excluding hydrogens is 250 g/mol. The molecule has 2 bridgehead atoms. The van der Waals surface area contributed by atoms with Gasteiger partial charge < -0.3 is 0 Å². The summed E-state index contributed by atoms with van der Waals surface area (Å²) in [5, 5.41) is -0.552. The van der Waals surface area contributed by atoms with Crippen LogP contribution in [0.1, 0.15) is 26.7 Å². The number of hydrogen-bond donors (Lipinski definition) is 1. The minimum Gasteiger partial charge on any atom is -0.295 e. The second-order valence-corrected chi connectivity index (χ2v) is 8.33. The van der Waals surface area contributed by atoms with Crippen LogP contribution in [0.2, 0.25) is 0 Å². The van der Waals surface area contributed by atoms with Crippen LogP contribution in [0.15, 0.2) is 12.7 Å². The predicted octanol–water partition coefficient (Wildman–Crippen LogP) is 1.10. The van der Waals surface area contributed by atoms with Gasteiger partial charge in [-0.15, -0.1) is 0 Å². The average molecular weight is 269 g/mol. The van der Waals surface area contributed by atoms with Crippen molar-refractivity contribution in [2.75, 3.05) is 6.54 Å². The van der Waals surface area contributed by atoms with E-state index in [-0.39, 0.29) is 22.5 Å². The summed E-state index contributed by atoms with van der Waals surface area (Å²) in [6.07, 6.45) is 3.15. The van der Waals surface area contributed by atoms with Crippen molar-refractivity contribution >= 4 is 15.8 Å². The number of sulfonamides is 1. The number of nitrogens with one attached hydrogen (secondary N) is 1. The van der Waals surface area contributed by atoms with Gasteiger partial charge in [-0.25, -0.2) is 13.1 Å². The minimum atomic E-state index is -3.36. The van der Waals surface area contributed by atoms with Crippen LogP contribution in [0.25, 0.3) is 0 Å². The van der Waals surface area contributed by atoms with Crippen molar-refractivity contribution in [3.63, 3.8) is 0 Å². The fraction of sp³-hybridized carbons (Fsp3) is 0.769. The van der Waals surface area contributed by atoms with E-state index in [1.165, 1.54) is 6.08 Å². The van der Waals surface area contributed by atoms with E-state index in [1.54, 1.807) is 0 Å². The van der Waals surface area contributed by atoms with E-state index in [2.05, 4.69) is 25.1 Å². The lowest BCUT2D eigenvalue weighted by atomic mass is 9.69. The smallest absolute Gasteiger partial charge is 0.215 e. The highest BCUT2D eigenvalue weighted by Crippen LogP contribution is 2.70. The number of allylic oxidation sites excluding steroid dienone is 1. The predicted molar refractivity (Wildman–Crippen MR) is 68.3 cm³/mol. The summed E-state index contributed by atoms with van der Waals surface area (Å²) < 4.78 is 27.2. The molecule has 0 aromatic carbocycles. The maximum atomic E-state index is 12.2. The lowest BCUT2D eigenvalue weighted by Gasteiger charge is -2.36. The van der Waals surface area contributed by atoms with Crippen LogP contribution in [0, 0.1) is 22.7 Å². The molecule has 1 aliphatic heterocycles. The number of hydrogen-bond acceptors (Lipinski definition) is 3. The molecule has 1 N–H and O–H groups in total. The molecule has 18 heavy (non-hydrogen) atoms. The minimum absolute atomic E-state index is 0.0996. The first-order valence-corrected chi connectivity index (χ1v) is 7.97. The Morgan fingerprint density at radius 2 is 2.11 bits per heavy atom. The van der Waals surface area contributed by atoms with Gasteiger partial charge in [0.15, 0.2) is 5.78 Å². The van der Waals surface area contributed by atoms with Crippen LogP contribution in [-0.4, -0.2) is 26.0 Å². The second-order valence-electron chi connectivity index (χ2n) is 6.44. The molecule has 0 aromatic rings. The third-order valence-corrected chi connectivity index (χ3v) is 7.83. The summed E-state index contributed by atoms with van der Waals surface area (Å²) in [5.41, 5.74) is -0.364. The van der Waals surface area contributed by atoms with Gasteiger partial charge in [-0.3, -0.25) is 4.79 Å². The Morgan fingerprint density at radius 3 is 2.72 bits per heavy atom. The SMILES string of the molecule is C=CC(=O)C1C2CCC3(CNS(=O)(=O)[C@@H]13)C2(C)C. The number of carbonyl (C=O) groups is 1. The van der Waals surface area contributed by atoms with Crippen LogP contribution in [0.4, 0.5) is 0 Å². The molecule has 3 fully saturated rings. The van der Waals surface area contributed by atoms with Crippen molar-refractivity contribution in [3.05, 3.63) is 12.7 Å². The van der Waals surface area contributed by atoms with Crippen LogP contribution < -0.4 is 4.72 Å². The first-order valence-electron chi connectivity index (χ1n) is 6.43. The van der Waals surface area contributed by atoms with E-state index in [9.17, 15) is 13.2 Å². The van der Waals surface area contributed by atoms with E-state index < -0.39 is 21.2 Å². The van der Waals surface area contributed by atoms with Gasteiger partial charge in [0, 0.05) is 17.9 Å². The van der Waals surface area contributed by atoms with E-state index in [4.69, 9.17) is 0 Å². The van der Waals surface area contributed by atoms with Gasteiger partial charge in [0.2, 0.25) is 10.0 Å². The molecule has 3 rings (SSSR count). The van der Waals surface area contributed by atoms with Gasteiger partial charge in [-0.05, 0) is 30.3 Å². The molecule has 3 unspecified atom stereocenters. The average Bonchev–Trinajstić information content (AvgIpc) is 2.81. The fourth-order valence-electron chi connectivity index (χ4n) is 4.87. The van der Waals surface area contributed by atoms with Gasteiger partial charge >= 0.3 is 0 Å². The fourth-order valence-corrected chi connectivity index (χ4v) is 7.31. The van der Waals surface area contributed by atoms with Crippen molar-refractivity contribution in [2.24, 2.45) is 22.7 Å². The van der Waals surface area contributed by atoms with Gasteiger partial charge in [-0.1, -0.05) is 20.4 Å². The molecular formula is C13H19NO3S. The summed E-state index contributed by atoms with van der Waals surface area (Å²) in [6, 6.07) is 0. The van der Waals surface area contributed by atoms with Gasteiger partial charge in [0.05, 0.1) is 5.25 Å². The quantitative estimate of drug-likeness (QED) is 0.763. The Labute approximate surface area is 108 Å². The van der Waals surface area contributed by atoms with Crippen molar-refractivity contribution in [1.82, 2.24) is 4.72 Å². The molecule has 1 heterocycles. The van der Waals surface area contributed by atoms with Crippen LogP contribution in [0.3, 0.4) is 0 Å². The van der Waals surface area contributed by atoms with Crippen molar-refractivity contribution in [3.8, 4) is 0 Å². The summed E-state index contributed by atoms with van der Waals surface area (Å²) in [5.74, 6) is -0.331. The van der Waals surface area contributed by atoms with Crippen molar-refractivity contribution < 1.29 is 13.2 Å². The van der Waals surface area contributed by atoms with E-state index in [0.717, 1.165) is 12.8 Å². The number of rotatable bonds is 2. The van der Waals surface area contributed by atoms with Crippen LogP contribution in [-0.2, 0) is 14.8 Å². The molecule has 100 valence electrons. The monoisotopic (exact) mass is 269 g/mol. The maximum absolute atomic E-state index is 12.2. The molecule has 3 aliphatic rings. The first-order chi connectivity index (χ1) is 8.28. The van der Waals surface area contributed by atoms with Crippen LogP contribution in [0.5, 0.6) is 0 Å². The Hall–Kier alpha value is -0.680. The third kappa shape index (κ3) is 1.11. The largest absolute Gasteiger partial charge is 0.295 e. The third-order valence-electron chi connectivity index (χ3n) is 5.87. The van der Waals surface area contributed by atoms with Crippen molar-refractivity contribution in [2.45, 2.75) is 31.9 Å². The molecule has 1 spiro atoms. The zero-order chi connectivity index (χ0) is 13.3. The molecule has 1 saturated heterocycles. The highest BCUT2D eigenvalue weighted by molar-refractivity contribution is 7.90. The van der Waals surface area contributed by atoms with Gasteiger partial charge in [0.1, 0.15) is 0 Å². The molecule has 0 amide bonds. The van der Waals surface area contributed by atoms with Crippen LogP contribution >= 0.6 is 0 Å². The van der Waals surface area contributed by atoms with E-state index in [0.29, 0.717) is 6.54 Å². The molecule has 4 nitrogen and oxygen atoms in total. The highest BCUT2D eigenvalue weighted by atomic mass is 32.2. The normalized spacial score (nSPS) is 46.9. The molecule has 5 heteroatoms.